The molecule has 1 aromatic carbocycles. The first-order valence-electron chi connectivity index (χ1n) is 8.73. The molecule has 0 atom stereocenters. The summed E-state index contributed by atoms with van der Waals surface area (Å²) < 4.78 is 0. The Hall–Kier alpha value is -2.68. The molecule has 3 rings (SSSR count). The Morgan fingerprint density at radius 2 is 1.74 bits per heavy atom. The average Bonchev–Trinajstić information content (AvgIpc) is 2.86. The summed E-state index contributed by atoms with van der Waals surface area (Å²) in [5.41, 5.74) is 0.522. The maximum atomic E-state index is 12.5. The number of thioether (sulfide) groups is 1. The topological polar surface area (TPSA) is 101 Å². The van der Waals surface area contributed by atoms with E-state index in [0.29, 0.717) is 18.7 Å². The van der Waals surface area contributed by atoms with E-state index in [9.17, 15) is 24.5 Å². The van der Waals surface area contributed by atoms with Gasteiger partial charge >= 0.3 is 0 Å². The van der Waals surface area contributed by atoms with Gasteiger partial charge in [-0.2, -0.15) is 0 Å². The van der Waals surface area contributed by atoms with Gasteiger partial charge in [-0.1, -0.05) is 12.8 Å². The smallest absolute Gasteiger partial charge is 0.294 e. The van der Waals surface area contributed by atoms with E-state index < -0.39 is 16.1 Å². The number of benzene rings is 1. The molecule has 2 fully saturated rings. The summed E-state index contributed by atoms with van der Waals surface area (Å²) in [5.74, 6) is -0.720. The molecule has 1 aromatic rings. The molecule has 3 amide bonds. The lowest BCUT2D eigenvalue weighted by molar-refractivity contribution is -0.384. The number of nitro groups is 1. The fraction of sp³-hybridized carbons (Fsp3) is 0.389. The van der Waals surface area contributed by atoms with E-state index >= 15 is 0 Å². The first-order valence-corrected chi connectivity index (χ1v) is 9.55. The highest BCUT2D eigenvalue weighted by atomic mass is 32.2. The van der Waals surface area contributed by atoms with Crippen LogP contribution in [0.25, 0.3) is 6.08 Å². The highest BCUT2D eigenvalue weighted by molar-refractivity contribution is 8.18. The number of carbonyl (C=O) groups is 3. The highest BCUT2D eigenvalue weighted by Crippen LogP contribution is 2.32. The number of imide groups is 1. The number of likely N-dealkylation sites (tertiary alicyclic amines) is 1. The molecule has 2 aliphatic rings. The van der Waals surface area contributed by atoms with Crippen molar-refractivity contribution in [1.29, 1.82) is 0 Å². The van der Waals surface area contributed by atoms with Crippen molar-refractivity contribution in [2.45, 2.75) is 25.7 Å². The van der Waals surface area contributed by atoms with E-state index in [0.717, 1.165) is 42.3 Å². The van der Waals surface area contributed by atoms with Gasteiger partial charge in [-0.15, -0.1) is 0 Å². The van der Waals surface area contributed by atoms with Crippen molar-refractivity contribution < 1.29 is 19.3 Å². The third kappa shape index (κ3) is 4.54. The zero-order chi connectivity index (χ0) is 19.4. The monoisotopic (exact) mass is 389 g/mol. The van der Waals surface area contributed by atoms with Gasteiger partial charge in [0.2, 0.25) is 5.91 Å². The standard InChI is InChI=1S/C18H19N3O5S/c22-16(19-9-3-1-2-4-10-19)12-20-17(23)15(27-18(20)24)11-13-5-7-14(8-6-13)21(25)26/h5-8,11H,1-4,9-10,12H2. The van der Waals surface area contributed by atoms with Crippen molar-refractivity contribution >= 4 is 40.6 Å². The van der Waals surface area contributed by atoms with Gasteiger partial charge in [-0.3, -0.25) is 29.4 Å². The van der Waals surface area contributed by atoms with Crippen LogP contribution >= 0.6 is 11.8 Å². The van der Waals surface area contributed by atoms with E-state index in [2.05, 4.69) is 0 Å². The van der Waals surface area contributed by atoms with Crippen LogP contribution in [0.4, 0.5) is 10.5 Å². The number of non-ortho nitro benzene ring substituents is 1. The van der Waals surface area contributed by atoms with Crippen LogP contribution < -0.4 is 0 Å². The van der Waals surface area contributed by atoms with Crippen LogP contribution in [0.2, 0.25) is 0 Å². The fourth-order valence-electron chi connectivity index (χ4n) is 3.04. The van der Waals surface area contributed by atoms with Crippen molar-refractivity contribution in [1.82, 2.24) is 9.80 Å². The molecule has 0 saturated carbocycles. The lowest BCUT2D eigenvalue weighted by Gasteiger charge is -2.22. The molecule has 142 valence electrons. The summed E-state index contributed by atoms with van der Waals surface area (Å²) in [6, 6.07) is 5.68. The molecule has 0 aromatic heterocycles. The third-order valence-corrected chi connectivity index (χ3v) is 5.43. The molecule has 2 saturated heterocycles. The van der Waals surface area contributed by atoms with Gasteiger partial charge in [0.15, 0.2) is 0 Å². The second-order valence-electron chi connectivity index (χ2n) is 6.41. The quantitative estimate of drug-likeness (QED) is 0.446. The van der Waals surface area contributed by atoms with Crippen molar-refractivity contribution in [2.24, 2.45) is 0 Å². The molecule has 8 nitrogen and oxygen atoms in total. The maximum Gasteiger partial charge on any atom is 0.294 e. The van der Waals surface area contributed by atoms with Gasteiger partial charge in [0.05, 0.1) is 9.83 Å². The Balaban J connectivity index is 1.68. The number of hydrogen-bond donors (Lipinski definition) is 0. The van der Waals surface area contributed by atoms with Gasteiger partial charge < -0.3 is 4.90 Å². The van der Waals surface area contributed by atoms with E-state index in [1.807, 2.05) is 0 Å². The van der Waals surface area contributed by atoms with Gasteiger partial charge in [0, 0.05) is 25.2 Å². The lowest BCUT2D eigenvalue weighted by atomic mass is 10.2. The van der Waals surface area contributed by atoms with Crippen molar-refractivity contribution in [3.8, 4) is 0 Å². The molecule has 0 N–H and O–H groups in total. The Labute approximate surface area is 160 Å². The number of carbonyl (C=O) groups excluding carboxylic acids is 3. The van der Waals surface area contributed by atoms with Crippen LogP contribution in [-0.2, 0) is 9.59 Å². The number of hydrogen-bond acceptors (Lipinski definition) is 6. The number of nitrogens with zero attached hydrogens (tertiary/aromatic N) is 3. The predicted octanol–water partition coefficient (Wildman–Crippen LogP) is 3.03. The van der Waals surface area contributed by atoms with E-state index in [1.54, 1.807) is 4.90 Å². The summed E-state index contributed by atoms with van der Waals surface area (Å²) in [6.07, 6.45) is 5.55. The Kier molecular flexibility index (Phi) is 5.90. The molecular formula is C18H19N3O5S. The molecule has 27 heavy (non-hydrogen) atoms. The molecule has 0 bridgehead atoms. The van der Waals surface area contributed by atoms with Crippen LogP contribution in [0, 0.1) is 10.1 Å². The normalized spacial score (nSPS) is 19.5. The minimum absolute atomic E-state index is 0.0525. The van der Waals surface area contributed by atoms with Crippen LogP contribution in [-0.4, -0.2) is 51.4 Å². The van der Waals surface area contributed by atoms with Crippen molar-refractivity contribution in [2.75, 3.05) is 19.6 Å². The molecule has 9 heteroatoms. The minimum Gasteiger partial charge on any atom is -0.341 e. The van der Waals surface area contributed by atoms with Crippen LogP contribution in [0.15, 0.2) is 29.2 Å². The number of amides is 3. The maximum absolute atomic E-state index is 12.5. The van der Waals surface area contributed by atoms with E-state index in [-0.39, 0.29) is 23.0 Å². The number of rotatable bonds is 4. The third-order valence-electron chi connectivity index (χ3n) is 4.53. The molecule has 2 heterocycles. The first-order chi connectivity index (χ1) is 13.0. The molecule has 0 spiro atoms. The van der Waals surface area contributed by atoms with Gasteiger partial charge in [0.25, 0.3) is 16.8 Å². The average molecular weight is 389 g/mol. The second-order valence-corrected chi connectivity index (χ2v) is 7.40. The minimum atomic E-state index is -0.508. The van der Waals surface area contributed by atoms with Crippen LogP contribution in [0.3, 0.4) is 0 Å². The summed E-state index contributed by atoms with van der Waals surface area (Å²) in [7, 11) is 0. The summed E-state index contributed by atoms with van der Waals surface area (Å²) >= 11 is 0.774. The highest BCUT2D eigenvalue weighted by Gasteiger charge is 2.37. The predicted molar refractivity (Wildman–Crippen MR) is 101 cm³/mol. The van der Waals surface area contributed by atoms with E-state index in [1.165, 1.54) is 30.3 Å². The van der Waals surface area contributed by atoms with Crippen LogP contribution in [0.5, 0.6) is 0 Å². The molecule has 2 aliphatic heterocycles. The fourth-order valence-corrected chi connectivity index (χ4v) is 3.87. The van der Waals surface area contributed by atoms with Gasteiger partial charge in [-0.25, -0.2) is 0 Å². The Morgan fingerprint density at radius 3 is 2.33 bits per heavy atom. The molecule has 0 radical (unpaired) electrons. The van der Waals surface area contributed by atoms with Gasteiger partial charge in [-0.05, 0) is 48.4 Å². The van der Waals surface area contributed by atoms with E-state index in [4.69, 9.17) is 0 Å². The number of nitro benzene ring substituents is 1. The van der Waals surface area contributed by atoms with Crippen LogP contribution in [0.1, 0.15) is 31.2 Å². The molecular weight excluding hydrogens is 370 g/mol. The zero-order valence-electron chi connectivity index (χ0n) is 14.6. The lowest BCUT2D eigenvalue weighted by Crippen LogP contribution is -2.42. The first kappa shape index (κ1) is 19.1. The Morgan fingerprint density at radius 1 is 1.11 bits per heavy atom. The summed E-state index contributed by atoms with van der Waals surface area (Å²) in [4.78, 5) is 50.2. The summed E-state index contributed by atoms with van der Waals surface area (Å²) in [5, 5.41) is 10.2. The Bertz CT molecular complexity index is 798. The molecule has 0 aliphatic carbocycles. The van der Waals surface area contributed by atoms with Crippen molar-refractivity contribution in [3.63, 3.8) is 0 Å². The SMILES string of the molecule is O=C(CN1C(=O)SC(=Cc2ccc([N+](=O)[O-])cc2)C1=O)N1CCCCCC1. The largest absolute Gasteiger partial charge is 0.341 e. The van der Waals surface area contributed by atoms with Gasteiger partial charge in [0.1, 0.15) is 6.54 Å². The zero-order valence-corrected chi connectivity index (χ0v) is 15.4. The van der Waals surface area contributed by atoms with Crippen molar-refractivity contribution in [3.05, 3.63) is 44.8 Å². The second kappa shape index (κ2) is 8.34. The molecule has 0 unspecified atom stereocenters. The summed E-state index contributed by atoms with van der Waals surface area (Å²) in [6.45, 7) is 1.07.